The van der Waals surface area contributed by atoms with E-state index in [1.165, 1.54) is 11.1 Å². The molecular weight excluding hydrogens is 563 g/mol. The Hall–Kier alpha value is -3.08. The normalized spacial score (nSPS) is 11.0. The maximum absolute atomic E-state index is 4.73. The summed E-state index contributed by atoms with van der Waals surface area (Å²) in [6.45, 7) is 6.17. The van der Waals surface area contributed by atoms with Crippen molar-refractivity contribution in [3.8, 4) is 28.2 Å². The molecule has 6 heteroatoms. The van der Waals surface area contributed by atoms with Gasteiger partial charge in [0.05, 0.1) is 17.8 Å². The molecule has 2 aromatic heterocycles. The maximum atomic E-state index is 4.73. The van der Waals surface area contributed by atoms with E-state index in [9.17, 15) is 0 Å². The van der Waals surface area contributed by atoms with Crippen LogP contribution < -0.4 is 0 Å². The first-order valence-electron chi connectivity index (χ1n) is 9.95. The predicted molar refractivity (Wildman–Crippen MR) is 120 cm³/mol. The Morgan fingerprint density at radius 2 is 1.61 bits per heavy atom. The number of imidazole rings is 1. The van der Waals surface area contributed by atoms with Crippen molar-refractivity contribution in [2.75, 3.05) is 0 Å². The van der Waals surface area contributed by atoms with Crippen LogP contribution in [0.3, 0.4) is 0 Å². The van der Waals surface area contributed by atoms with E-state index in [2.05, 4.69) is 61.3 Å². The Kier molecular flexibility index (Phi) is 5.61. The van der Waals surface area contributed by atoms with Gasteiger partial charge in [0.2, 0.25) is 0 Å². The van der Waals surface area contributed by atoms with Gasteiger partial charge in [-0.1, -0.05) is 30.3 Å². The monoisotopic (exact) mass is 585 g/mol. The fourth-order valence-electron chi connectivity index (χ4n) is 4.03. The van der Waals surface area contributed by atoms with Gasteiger partial charge >= 0.3 is 0 Å². The molecule has 0 saturated carbocycles. The SMILES string of the molecule is Cc1nc(-c2[c-]cc3c(c2)ncn3C)n(-c2c(C)cc(-c3ccccc3)cc2C)n1.[Ir]. The zero-order valence-corrected chi connectivity index (χ0v) is 20.2. The van der Waals surface area contributed by atoms with E-state index in [0.717, 1.165) is 45.1 Å². The van der Waals surface area contributed by atoms with Crippen molar-refractivity contribution in [2.24, 2.45) is 7.05 Å². The molecule has 5 nitrogen and oxygen atoms in total. The van der Waals surface area contributed by atoms with Gasteiger partial charge in [0.1, 0.15) is 5.82 Å². The van der Waals surface area contributed by atoms with Crippen molar-refractivity contribution < 1.29 is 20.1 Å². The fourth-order valence-corrected chi connectivity index (χ4v) is 4.03. The van der Waals surface area contributed by atoms with Gasteiger partial charge < -0.3 is 4.57 Å². The largest absolute Gasteiger partial charge is 0.373 e. The second-order valence-electron chi connectivity index (χ2n) is 7.69. The molecule has 0 saturated heterocycles. The zero-order valence-electron chi connectivity index (χ0n) is 17.8. The molecule has 0 spiro atoms. The molecular formula is C25H22IrN5-. The van der Waals surface area contributed by atoms with Crippen molar-refractivity contribution in [3.05, 3.63) is 83.9 Å². The smallest absolute Gasteiger partial charge is 0.137 e. The van der Waals surface area contributed by atoms with Crippen LogP contribution in [0, 0.1) is 26.8 Å². The summed E-state index contributed by atoms with van der Waals surface area (Å²) in [6.07, 6.45) is 1.81. The summed E-state index contributed by atoms with van der Waals surface area (Å²) in [7, 11) is 1.98. The molecule has 5 aromatic rings. The average Bonchev–Trinajstić information content (AvgIpc) is 3.30. The summed E-state index contributed by atoms with van der Waals surface area (Å²) in [5.74, 6) is 1.50. The number of nitrogens with zero attached hydrogens (tertiary/aromatic N) is 5. The van der Waals surface area contributed by atoms with E-state index < -0.39 is 0 Å². The van der Waals surface area contributed by atoms with E-state index in [4.69, 9.17) is 10.1 Å². The van der Waals surface area contributed by atoms with Crippen molar-refractivity contribution in [1.82, 2.24) is 24.3 Å². The van der Waals surface area contributed by atoms with E-state index in [1.807, 2.05) is 47.7 Å². The molecule has 0 fully saturated rings. The van der Waals surface area contributed by atoms with Crippen molar-refractivity contribution in [1.29, 1.82) is 0 Å². The van der Waals surface area contributed by atoms with Gasteiger partial charge in [-0.15, -0.1) is 23.8 Å². The van der Waals surface area contributed by atoms with Crippen LogP contribution in [0.4, 0.5) is 0 Å². The van der Waals surface area contributed by atoms with E-state index in [0.29, 0.717) is 0 Å². The molecule has 5 rings (SSSR count). The van der Waals surface area contributed by atoms with Crippen LogP contribution in [0.1, 0.15) is 17.0 Å². The van der Waals surface area contributed by atoms with Crippen LogP contribution in [0.15, 0.2) is 60.9 Å². The van der Waals surface area contributed by atoms with Crippen LogP contribution >= 0.6 is 0 Å². The van der Waals surface area contributed by atoms with E-state index >= 15 is 0 Å². The topological polar surface area (TPSA) is 48.5 Å². The zero-order chi connectivity index (χ0) is 20.8. The second kappa shape index (κ2) is 8.22. The first kappa shape index (κ1) is 21.2. The average molecular weight is 585 g/mol. The quantitative estimate of drug-likeness (QED) is 0.274. The summed E-state index contributed by atoms with van der Waals surface area (Å²) in [5.41, 5.74) is 8.62. The van der Waals surface area contributed by atoms with Crippen LogP contribution in [0.25, 0.3) is 39.2 Å². The Bertz CT molecular complexity index is 1360. The predicted octanol–water partition coefficient (Wildman–Crippen LogP) is 5.21. The molecule has 0 unspecified atom stereocenters. The minimum atomic E-state index is 0. The minimum Gasteiger partial charge on any atom is -0.373 e. The molecule has 0 N–H and O–H groups in total. The van der Waals surface area contributed by atoms with Crippen LogP contribution in [0.2, 0.25) is 0 Å². The van der Waals surface area contributed by atoms with Gasteiger partial charge in [-0.25, -0.2) is 0 Å². The van der Waals surface area contributed by atoms with Crippen molar-refractivity contribution in [3.63, 3.8) is 0 Å². The van der Waals surface area contributed by atoms with Gasteiger partial charge in [-0.05, 0) is 60.7 Å². The second-order valence-corrected chi connectivity index (χ2v) is 7.69. The number of fused-ring (bicyclic) bond motifs is 1. The summed E-state index contributed by atoms with van der Waals surface area (Å²) in [6, 6.07) is 22.2. The number of aromatic nitrogens is 5. The molecule has 0 amide bonds. The Morgan fingerprint density at radius 1 is 0.903 bits per heavy atom. The number of hydrogen-bond donors (Lipinski definition) is 0. The number of rotatable bonds is 3. The van der Waals surface area contributed by atoms with Gasteiger partial charge in [0.25, 0.3) is 0 Å². The molecule has 2 heterocycles. The number of hydrogen-bond acceptors (Lipinski definition) is 3. The third kappa shape index (κ3) is 3.73. The van der Waals surface area contributed by atoms with Gasteiger partial charge in [-0.3, -0.25) is 14.6 Å². The third-order valence-electron chi connectivity index (χ3n) is 5.42. The molecule has 0 aliphatic carbocycles. The molecule has 31 heavy (non-hydrogen) atoms. The Labute approximate surface area is 195 Å². The Balaban J connectivity index is 0.00000231. The van der Waals surface area contributed by atoms with Gasteiger partial charge in [-0.2, -0.15) is 5.10 Å². The van der Waals surface area contributed by atoms with E-state index in [1.54, 1.807) is 0 Å². The maximum Gasteiger partial charge on any atom is 0.137 e. The first-order valence-corrected chi connectivity index (χ1v) is 9.95. The minimum absolute atomic E-state index is 0. The van der Waals surface area contributed by atoms with Crippen molar-refractivity contribution in [2.45, 2.75) is 20.8 Å². The van der Waals surface area contributed by atoms with E-state index in [-0.39, 0.29) is 20.1 Å². The molecule has 0 aliphatic heterocycles. The summed E-state index contributed by atoms with van der Waals surface area (Å²) >= 11 is 0. The van der Waals surface area contributed by atoms with Gasteiger partial charge in [0, 0.05) is 32.7 Å². The summed E-state index contributed by atoms with van der Waals surface area (Å²) in [5, 5.41) is 4.73. The molecule has 0 aliphatic rings. The van der Waals surface area contributed by atoms with Crippen LogP contribution in [-0.4, -0.2) is 24.3 Å². The molecule has 0 bridgehead atoms. The summed E-state index contributed by atoms with van der Waals surface area (Å²) < 4.78 is 3.93. The Morgan fingerprint density at radius 3 is 2.32 bits per heavy atom. The first-order chi connectivity index (χ1) is 14.5. The molecule has 3 aromatic carbocycles. The molecule has 1 radical (unpaired) electrons. The summed E-state index contributed by atoms with van der Waals surface area (Å²) in [4.78, 5) is 9.20. The molecule has 157 valence electrons. The van der Waals surface area contributed by atoms with Gasteiger partial charge in [0.15, 0.2) is 0 Å². The number of aryl methyl sites for hydroxylation is 4. The molecule has 0 atom stereocenters. The van der Waals surface area contributed by atoms with Crippen LogP contribution in [0.5, 0.6) is 0 Å². The van der Waals surface area contributed by atoms with Crippen molar-refractivity contribution >= 4 is 11.0 Å². The van der Waals surface area contributed by atoms with Crippen LogP contribution in [-0.2, 0) is 27.2 Å². The number of benzene rings is 3. The standard InChI is InChI=1S/C25H22N5.Ir/c1-16-12-21(19-8-6-5-7-9-19)13-17(2)24(16)30-25(27-18(3)28-30)20-10-11-23-22(14-20)26-15-29(23)4;/h5-9,11-15H,1-4H3;/q-1;. The third-order valence-corrected chi connectivity index (χ3v) is 5.42. The fraction of sp³-hybridized carbons (Fsp3) is 0.160.